The van der Waals surface area contributed by atoms with Crippen molar-refractivity contribution in [3.8, 4) is 5.88 Å². The molecule has 0 saturated heterocycles. The number of aliphatic carboxylic acids is 1. The van der Waals surface area contributed by atoms with Crippen LogP contribution >= 0.6 is 0 Å². The lowest BCUT2D eigenvalue weighted by molar-refractivity contribution is -0.320. The second-order valence-corrected chi connectivity index (χ2v) is 3.89. The predicted octanol–water partition coefficient (Wildman–Crippen LogP) is 0.346. The van der Waals surface area contributed by atoms with E-state index in [2.05, 4.69) is 5.10 Å². The Hall–Kier alpha value is -1.73. The maximum absolute atomic E-state index is 12.4. The molecule has 0 bridgehead atoms. The van der Waals surface area contributed by atoms with Gasteiger partial charge in [0.15, 0.2) is 0 Å². The second kappa shape index (κ2) is 3.94. The molecule has 1 aromatic rings. The van der Waals surface area contributed by atoms with Crippen LogP contribution in [0.5, 0.6) is 5.88 Å². The minimum absolute atomic E-state index is 0.422. The summed E-state index contributed by atoms with van der Waals surface area (Å²) in [5.41, 5.74) is -2.78. The SMILES string of the molecule is Cn1nc(OC(C)(C)C(=O)[O-])cc1C(F)(F)F. The van der Waals surface area contributed by atoms with Crippen molar-refractivity contribution in [1.29, 1.82) is 0 Å². The summed E-state index contributed by atoms with van der Waals surface area (Å²) in [6.07, 6.45) is -4.57. The maximum Gasteiger partial charge on any atom is 0.433 e. The van der Waals surface area contributed by atoms with Gasteiger partial charge in [0.05, 0.1) is 5.97 Å². The van der Waals surface area contributed by atoms with Crippen LogP contribution in [0.2, 0.25) is 0 Å². The molecule has 96 valence electrons. The van der Waals surface area contributed by atoms with Crippen molar-refractivity contribution in [1.82, 2.24) is 9.78 Å². The third kappa shape index (κ3) is 2.89. The van der Waals surface area contributed by atoms with Crippen molar-refractivity contribution in [3.05, 3.63) is 11.8 Å². The van der Waals surface area contributed by atoms with Gasteiger partial charge in [0, 0.05) is 13.1 Å². The molecule has 0 spiro atoms. The van der Waals surface area contributed by atoms with Crippen molar-refractivity contribution in [2.75, 3.05) is 0 Å². The molecule has 0 atom stereocenters. The summed E-state index contributed by atoms with van der Waals surface area (Å²) in [5, 5.41) is 14.0. The van der Waals surface area contributed by atoms with Crippen LogP contribution in [0.25, 0.3) is 0 Å². The van der Waals surface area contributed by atoms with Crippen molar-refractivity contribution in [3.63, 3.8) is 0 Å². The number of alkyl halides is 3. The van der Waals surface area contributed by atoms with Crippen LogP contribution in [-0.4, -0.2) is 21.4 Å². The fraction of sp³-hybridized carbons (Fsp3) is 0.556. The molecule has 0 aliphatic rings. The third-order valence-corrected chi connectivity index (χ3v) is 2.00. The predicted molar refractivity (Wildman–Crippen MR) is 47.9 cm³/mol. The van der Waals surface area contributed by atoms with E-state index in [0.717, 1.165) is 20.9 Å². The van der Waals surface area contributed by atoms with Gasteiger partial charge in [0.25, 0.3) is 0 Å². The van der Waals surface area contributed by atoms with Gasteiger partial charge in [-0.25, -0.2) is 0 Å². The number of rotatable bonds is 3. The number of carbonyl (C=O) groups is 1. The monoisotopic (exact) mass is 251 g/mol. The number of ether oxygens (including phenoxy) is 1. The van der Waals surface area contributed by atoms with E-state index in [9.17, 15) is 23.1 Å². The second-order valence-electron chi connectivity index (χ2n) is 3.89. The Morgan fingerprint density at radius 3 is 2.35 bits per heavy atom. The van der Waals surface area contributed by atoms with Crippen LogP contribution in [-0.2, 0) is 18.0 Å². The smallest absolute Gasteiger partial charge is 0.433 e. The summed E-state index contributed by atoms with van der Waals surface area (Å²) in [6, 6.07) is 0.630. The number of aromatic nitrogens is 2. The standard InChI is InChI=1S/C9H11F3N2O3/c1-8(2,7(15)16)17-6-4-5(9(10,11)12)14(3)13-6/h4H,1-3H3,(H,15,16)/p-1. The molecule has 0 radical (unpaired) electrons. The molecule has 0 unspecified atom stereocenters. The highest BCUT2D eigenvalue weighted by atomic mass is 19.4. The fourth-order valence-electron chi connectivity index (χ4n) is 1.06. The zero-order chi connectivity index (χ0) is 13.4. The van der Waals surface area contributed by atoms with E-state index in [1.807, 2.05) is 0 Å². The lowest BCUT2D eigenvalue weighted by Crippen LogP contribution is -2.48. The Balaban J connectivity index is 3.00. The van der Waals surface area contributed by atoms with Crippen molar-refractivity contribution >= 4 is 5.97 Å². The third-order valence-electron chi connectivity index (χ3n) is 2.00. The minimum Gasteiger partial charge on any atom is -0.546 e. The first kappa shape index (κ1) is 13.3. The number of carboxylic acids is 1. The first-order chi connectivity index (χ1) is 7.54. The lowest BCUT2D eigenvalue weighted by atomic mass is 10.1. The number of halogens is 3. The number of hydrogen-bond donors (Lipinski definition) is 0. The summed E-state index contributed by atoms with van der Waals surface area (Å²) < 4.78 is 42.6. The molecular formula is C9H10F3N2O3-. The molecule has 0 aromatic carbocycles. The zero-order valence-corrected chi connectivity index (χ0v) is 9.33. The Kier molecular flexibility index (Phi) is 3.09. The molecule has 1 heterocycles. The number of carboxylic acid groups (broad SMARTS) is 1. The van der Waals surface area contributed by atoms with E-state index in [4.69, 9.17) is 4.74 Å². The number of carbonyl (C=O) groups excluding carboxylic acids is 1. The fourth-order valence-corrected chi connectivity index (χ4v) is 1.06. The highest BCUT2D eigenvalue weighted by Gasteiger charge is 2.36. The normalized spacial score (nSPS) is 12.6. The molecule has 0 amide bonds. The van der Waals surface area contributed by atoms with Crippen molar-refractivity contribution in [2.24, 2.45) is 7.05 Å². The molecular weight excluding hydrogens is 241 g/mol. The van der Waals surface area contributed by atoms with E-state index < -0.39 is 29.3 Å². The van der Waals surface area contributed by atoms with Gasteiger partial charge in [0.1, 0.15) is 11.3 Å². The molecule has 17 heavy (non-hydrogen) atoms. The van der Waals surface area contributed by atoms with E-state index in [-0.39, 0.29) is 0 Å². The van der Waals surface area contributed by atoms with Crippen molar-refractivity contribution in [2.45, 2.75) is 25.6 Å². The molecule has 8 heteroatoms. The highest BCUT2D eigenvalue weighted by molar-refractivity contribution is 5.74. The van der Waals surface area contributed by atoms with Gasteiger partial charge in [-0.15, -0.1) is 5.10 Å². The molecule has 0 aliphatic carbocycles. The minimum atomic E-state index is -4.57. The van der Waals surface area contributed by atoms with E-state index in [0.29, 0.717) is 10.7 Å². The van der Waals surface area contributed by atoms with Gasteiger partial charge in [-0.3, -0.25) is 4.68 Å². The average molecular weight is 251 g/mol. The summed E-state index contributed by atoms with van der Waals surface area (Å²) in [6.45, 7) is 2.31. The van der Waals surface area contributed by atoms with E-state index in [1.165, 1.54) is 0 Å². The molecule has 5 nitrogen and oxygen atoms in total. The van der Waals surface area contributed by atoms with Gasteiger partial charge >= 0.3 is 6.18 Å². The van der Waals surface area contributed by atoms with Crippen LogP contribution in [0.1, 0.15) is 19.5 Å². The largest absolute Gasteiger partial charge is 0.546 e. The number of hydrogen-bond acceptors (Lipinski definition) is 4. The first-order valence-electron chi connectivity index (χ1n) is 4.56. The van der Waals surface area contributed by atoms with Crippen LogP contribution < -0.4 is 9.84 Å². The van der Waals surface area contributed by atoms with Gasteiger partial charge < -0.3 is 14.6 Å². The Labute approximate surface area is 94.8 Å². The Morgan fingerprint density at radius 2 is 2.00 bits per heavy atom. The first-order valence-corrected chi connectivity index (χ1v) is 4.56. The maximum atomic E-state index is 12.4. The van der Waals surface area contributed by atoms with Crippen molar-refractivity contribution < 1.29 is 27.8 Å². The Morgan fingerprint density at radius 1 is 1.47 bits per heavy atom. The molecule has 1 rings (SSSR count). The zero-order valence-electron chi connectivity index (χ0n) is 9.33. The number of aryl methyl sites for hydroxylation is 1. The highest BCUT2D eigenvalue weighted by Crippen LogP contribution is 2.31. The van der Waals surface area contributed by atoms with E-state index in [1.54, 1.807) is 0 Å². The van der Waals surface area contributed by atoms with Gasteiger partial charge in [0.2, 0.25) is 5.88 Å². The molecule has 0 N–H and O–H groups in total. The van der Waals surface area contributed by atoms with Gasteiger partial charge in [-0.05, 0) is 13.8 Å². The van der Waals surface area contributed by atoms with Crippen LogP contribution in [0.4, 0.5) is 13.2 Å². The average Bonchev–Trinajstić information content (AvgIpc) is 2.44. The summed E-state index contributed by atoms with van der Waals surface area (Å²) in [5.74, 6) is -1.97. The van der Waals surface area contributed by atoms with E-state index >= 15 is 0 Å². The quantitative estimate of drug-likeness (QED) is 0.777. The topological polar surface area (TPSA) is 67.2 Å². The summed E-state index contributed by atoms with van der Waals surface area (Å²) in [7, 11) is 1.09. The van der Waals surface area contributed by atoms with Gasteiger partial charge in [-0.1, -0.05) is 0 Å². The summed E-state index contributed by atoms with van der Waals surface area (Å²) >= 11 is 0. The molecule has 0 fully saturated rings. The van der Waals surface area contributed by atoms with Crippen LogP contribution in [0.3, 0.4) is 0 Å². The lowest BCUT2D eigenvalue weighted by Gasteiger charge is -2.25. The van der Waals surface area contributed by atoms with Crippen LogP contribution in [0.15, 0.2) is 6.07 Å². The molecule has 0 saturated carbocycles. The summed E-state index contributed by atoms with van der Waals surface area (Å²) in [4.78, 5) is 10.6. The molecule has 0 aliphatic heterocycles. The van der Waals surface area contributed by atoms with Gasteiger partial charge in [-0.2, -0.15) is 13.2 Å². The van der Waals surface area contributed by atoms with Crippen LogP contribution in [0, 0.1) is 0 Å². The Bertz CT molecular complexity index is 437. The number of nitrogens with zero attached hydrogens (tertiary/aromatic N) is 2. The molecule has 1 aromatic heterocycles.